The van der Waals surface area contributed by atoms with Crippen molar-refractivity contribution in [3.8, 4) is 0 Å². The maximum atomic E-state index is 13.6. The molecule has 0 aliphatic rings. The lowest BCUT2D eigenvalue weighted by Crippen LogP contribution is -2.10. The van der Waals surface area contributed by atoms with E-state index in [1.165, 1.54) is 12.8 Å². The van der Waals surface area contributed by atoms with Crippen LogP contribution in [0.15, 0.2) is 0 Å². The van der Waals surface area contributed by atoms with E-state index in [1.54, 1.807) is 0 Å². The van der Waals surface area contributed by atoms with Gasteiger partial charge in [0.25, 0.3) is 0 Å². The molecule has 0 bridgehead atoms. The van der Waals surface area contributed by atoms with E-state index in [0.29, 0.717) is 5.41 Å². The second kappa shape index (κ2) is 6.61. The summed E-state index contributed by atoms with van der Waals surface area (Å²) in [5.74, 6) is 0. The molecule has 0 heterocycles. The van der Waals surface area contributed by atoms with Gasteiger partial charge in [0.05, 0.1) is 0 Å². The molecule has 0 rings (SSSR count). The van der Waals surface area contributed by atoms with Gasteiger partial charge in [0, 0.05) is 0 Å². The zero-order chi connectivity index (χ0) is 12.8. The highest BCUT2D eigenvalue weighted by molar-refractivity contribution is 4.67. The number of rotatable bonds is 6. The van der Waals surface area contributed by atoms with E-state index in [2.05, 4.69) is 41.5 Å². The number of hydrogen-bond donors (Lipinski definition) is 0. The summed E-state index contributed by atoms with van der Waals surface area (Å²) in [6.45, 7) is 13.3. The van der Waals surface area contributed by atoms with Crippen LogP contribution in [0.4, 0.5) is 4.39 Å². The zero-order valence-corrected chi connectivity index (χ0v) is 12.2. The minimum absolute atomic E-state index is 0.274. The maximum Gasteiger partial charge on any atom is 0.100 e. The first-order valence-electron chi connectivity index (χ1n) is 6.74. The summed E-state index contributed by atoms with van der Waals surface area (Å²) < 4.78 is 13.6. The summed E-state index contributed by atoms with van der Waals surface area (Å²) in [5, 5.41) is 0. The van der Waals surface area contributed by atoms with Gasteiger partial charge in [-0.2, -0.15) is 0 Å². The maximum absolute atomic E-state index is 13.6. The minimum Gasteiger partial charge on any atom is -0.247 e. The van der Waals surface area contributed by atoms with Crippen LogP contribution in [-0.4, -0.2) is 6.17 Å². The lowest BCUT2D eigenvalue weighted by Gasteiger charge is -2.20. The highest BCUT2D eigenvalue weighted by Crippen LogP contribution is 2.26. The first kappa shape index (κ1) is 15.9. The first-order chi connectivity index (χ1) is 7.10. The quantitative estimate of drug-likeness (QED) is 0.509. The van der Waals surface area contributed by atoms with Crippen LogP contribution in [0.1, 0.15) is 80.1 Å². The monoisotopic (exact) mass is 230 g/mol. The van der Waals surface area contributed by atoms with E-state index in [-0.39, 0.29) is 5.41 Å². The summed E-state index contributed by atoms with van der Waals surface area (Å²) in [5.41, 5.74) is 0.674. The summed E-state index contributed by atoms with van der Waals surface area (Å²) in [6, 6.07) is 0. The van der Waals surface area contributed by atoms with Crippen molar-refractivity contribution in [1.29, 1.82) is 0 Å². The molecule has 0 spiro atoms. The van der Waals surface area contributed by atoms with E-state index in [4.69, 9.17) is 0 Å². The molecule has 1 heteroatoms. The average molecular weight is 230 g/mol. The Bertz CT molecular complexity index is 171. The molecule has 0 saturated carbocycles. The van der Waals surface area contributed by atoms with E-state index in [1.807, 2.05) is 0 Å². The molecule has 0 radical (unpaired) electrons. The van der Waals surface area contributed by atoms with Crippen LogP contribution < -0.4 is 0 Å². The highest BCUT2D eigenvalue weighted by Gasteiger charge is 2.15. The van der Waals surface area contributed by atoms with Crippen molar-refractivity contribution in [3.63, 3.8) is 0 Å². The molecule has 0 N–H and O–H groups in total. The summed E-state index contributed by atoms with van der Waals surface area (Å²) >= 11 is 0. The molecule has 0 saturated heterocycles. The standard InChI is InChI=1S/C15H31F/c1-14(2,3)11-8-7-9-13(16)10-12-15(4,5)6/h13H,7-12H2,1-6H3. The number of hydrogen-bond acceptors (Lipinski definition) is 0. The Kier molecular flexibility index (Phi) is 6.58. The fourth-order valence-corrected chi connectivity index (χ4v) is 1.76. The van der Waals surface area contributed by atoms with Gasteiger partial charge in [-0.15, -0.1) is 0 Å². The molecule has 0 aromatic carbocycles. The Morgan fingerprint density at radius 2 is 1.25 bits per heavy atom. The zero-order valence-electron chi connectivity index (χ0n) is 12.2. The van der Waals surface area contributed by atoms with E-state index >= 15 is 0 Å². The van der Waals surface area contributed by atoms with Crippen molar-refractivity contribution in [3.05, 3.63) is 0 Å². The molecule has 16 heavy (non-hydrogen) atoms. The molecule has 0 aromatic heterocycles. The Morgan fingerprint density at radius 1 is 0.750 bits per heavy atom. The molecule has 1 atom stereocenters. The van der Waals surface area contributed by atoms with Gasteiger partial charge >= 0.3 is 0 Å². The molecule has 0 aliphatic heterocycles. The predicted molar refractivity (Wildman–Crippen MR) is 71.5 cm³/mol. The van der Waals surface area contributed by atoms with Crippen molar-refractivity contribution >= 4 is 0 Å². The van der Waals surface area contributed by atoms with Gasteiger partial charge in [0.15, 0.2) is 0 Å². The third-order valence-electron chi connectivity index (χ3n) is 2.90. The smallest absolute Gasteiger partial charge is 0.100 e. The van der Waals surface area contributed by atoms with Crippen LogP contribution in [0.5, 0.6) is 0 Å². The largest absolute Gasteiger partial charge is 0.247 e. The van der Waals surface area contributed by atoms with Crippen LogP contribution in [0.2, 0.25) is 0 Å². The second-order valence-corrected chi connectivity index (χ2v) is 7.50. The third kappa shape index (κ3) is 12.0. The lowest BCUT2D eigenvalue weighted by molar-refractivity contribution is 0.238. The fourth-order valence-electron chi connectivity index (χ4n) is 1.76. The minimum atomic E-state index is -0.584. The summed E-state index contributed by atoms with van der Waals surface area (Å²) in [6.07, 6.45) is 5.32. The van der Waals surface area contributed by atoms with Gasteiger partial charge in [0.2, 0.25) is 0 Å². The van der Waals surface area contributed by atoms with Gasteiger partial charge in [-0.3, -0.25) is 0 Å². The van der Waals surface area contributed by atoms with Crippen molar-refractivity contribution in [2.45, 2.75) is 86.2 Å². The van der Waals surface area contributed by atoms with Gasteiger partial charge in [-0.1, -0.05) is 54.4 Å². The van der Waals surface area contributed by atoms with Crippen LogP contribution in [-0.2, 0) is 0 Å². The van der Waals surface area contributed by atoms with Crippen molar-refractivity contribution < 1.29 is 4.39 Å². The normalized spacial score (nSPS) is 15.2. The van der Waals surface area contributed by atoms with Crippen molar-refractivity contribution in [1.82, 2.24) is 0 Å². The lowest BCUT2D eigenvalue weighted by atomic mass is 9.87. The molecular formula is C15H31F. The van der Waals surface area contributed by atoms with E-state index in [9.17, 15) is 4.39 Å². The Labute approximate surface area is 102 Å². The molecule has 0 aliphatic carbocycles. The van der Waals surface area contributed by atoms with Gasteiger partial charge < -0.3 is 0 Å². The SMILES string of the molecule is CC(C)(C)CCCCC(F)CCC(C)(C)C. The topological polar surface area (TPSA) is 0 Å². The summed E-state index contributed by atoms with van der Waals surface area (Å²) in [7, 11) is 0. The van der Waals surface area contributed by atoms with Crippen LogP contribution >= 0.6 is 0 Å². The highest BCUT2D eigenvalue weighted by atomic mass is 19.1. The molecule has 0 amide bonds. The van der Waals surface area contributed by atoms with E-state index in [0.717, 1.165) is 25.7 Å². The van der Waals surface area contributed by atoms with Crippen LogP contribution in [0.3, 0.4) is 0 Å². The third-order valence-corrected chi connectivity index (χ3v) is 2.90. The number of halogens is 1. The van der Waals surface area contributed by atoms with Gasteiger partial charge in [-0.05, 0) is 36.5 Å². The van der Waals surface area contributed by atoms with Crippen LogP contribution in [0, 0.1) is 10.8 Å². The average Bonchev–Trinajstić information content (AvgIpc) is 2.06. The van der Waals surface area contributed by atoms with Crippen LogP contribution in [0.25, 0.3) is 0 Å². The molecule has 0 aromatic rings. The molecule has 1 unspecified atom stereocenters. The van der Waals surface area contributed by atoms with Crippen molar-refractivity contribution in [2.24, 2.45) is 10.8 Å². The Morgan fingerprint density at radius 3 is 1.69 bits per heavy atom. The molecule has 0 nitrogen and oxygen atoms in total. The molecular weight excluding hydrogens is 199 g/mol. The predicted octanol–water partition coefficient (Wildman–Crippen LogP) is 5.76. The number of alkyl halides is 1. The molecule has 98 valence electrons. The second-order valence-electron chi connectivity index (χ2n) is 7.50. The van der Waals surface area contributed by atoms with Gasteiger partial charge in [-0.25, -0.2) is 4.39 Å². The van der Waals surface area contributed by atoms with Crippen molar-refractivity contribution in [2.75, 3.05) is 0 Å². The number of unbranched alkanes of at least 4 members (excludes halogenated alkanes) is 1. The summed E-state index contributed by atoms with van der Waals surface area (Å²) in [4.78, 5) is 0. The fraction of sp³-hybridized carbons (Fsp3) is 1.00. The Balaban J connectivity index is 3.48. The first-order valence-corrected chi connectivity index (χ1v) is 6.74. The van der Waals surface area contributed by atoms with E-state index < -0.39 is 6.17 Å². The Hall–Kier alpha value is -0.0700. The molecule has 0 fully saturated rings. The van der Waals surface area contributed by atoms with Gasteiger partial charge in [0.1, 0.15) is 6.17 Å².